The van der Waals surface area contributed by atoms with Crippen LogP contribution in [0.25, 0.3) is 0 Å². The summed E-state index contributed by atoms with van der Waals surface area (Å²) in [5.41, 5.74) is 0.522. The van der Waals surface area contributed by atoms with Crippen molar-refractivity contribution < 1.29 is 14.4 Å². The van der Waals surface area contributed by atoms with Crippen molar-refractivity contribution in [3.8, 4) is 0 Å². The molecule has 24 heavy (non-hydrogen) atoms. The van der Waals surface area contributed by atoms with E-state index in [2.05, 4.69) is 10.3 Å². The molecule has 0 aromatic carbocycles. The van der Waals surface area contributed by atoms with Gasteiger partial charge in [0.15, 0.2) is 0 Å². The number of carbonyl (C=O) groups is 3. The number of pyridine rings is 1. The molecule has 1 atom stereocenters. The zero-order valence-electron chi connectivity index (χ0n) is 13.4. The molecule has 1 aromatic heterocycles. The molecule has 1 unspecified atom stereocenters. The molecule has 3 amide bonds. The summed E-state index contributed by atoms with van der Waals surface area (Å²) in [7, 11) is 0. The van der Waals surface area contributed by atoms with Crippen molar-refractivity contribution in [2.45, 2.75) is 31.7 Å². The predicted molar refractivity (Wildman–Crippen MR) is 86.2 cm³/mol. The normalized spacial score (nSPS) is 23.2. The molecule has 3 fully saturated rings. The number of hydrogen-bond donors (Lipinski definition) is 1. The van der Waals surface area contributed by atoms with E-state index in [1.807, 2.05) is 4.90 Å². The molecule has 3 heterocycles. The van der Waals surface area contributed by atoms with Gasteiger partial charge in [-0.05, 0) is 31.4 Å². The molecule has 0 radical (unpaired) electrons. The molecular weight excluding hydrogens is 308 g/mol. The fourth-order valence-electron chi connectivity index (χ4n) is 3.44. The highest BCUT2D eigenvalue weighted by Gasteiger charge is 2.37. The molecule has 4 rings (SSSR count). The molecule has 7 heteroatoms. The van der Waals surface area contributed by atoms with Gasteiger partial charge in [0.05, 0.1) is 0 Å². The van der Waals surface area contributed by atoms with Crippen molar-refractivity contribution >= 4 is 23.5 Å². The van der Waals surface area contributed by atoms with E-state index in [0.717, 1.165) is 19.3 Å². The van der Waals surface area contributed by atoms with Crippen LogP contribution in [0.5, 0.6) is 0 Å². The summed E-state index contributed by atoms with van der Waals surface area (Å²) >= 11 is 0. The van der Waals surface area contributed by atoms with E-state index in [1.54, 1.807) is 23.2 Å². The summed E-state index contributed by atoms with van der Waals surface area (Å²) in [5, 5.41) is 2.77. The lowest BCUT2D eigenvalue weighted by Gasteiger charge is -2.37. The monoisotopic (exact) mass is 328 g/mol. The topological polar surface area (TPSA) is 82.6 Å². The highest BCUT2D eigenvalue weighted by atomic mass is 16.2. The number of aromatic nitrogens is 1. The second-order valence-electron chi connectivity index (χ2n) is 6.72. The first-order chi connectivity index (χ1) is 11.6. The molecule has 1 aromatic rings. The summed E-state index contributed by atoms with van der Waals surface area (Å²) in [6, 6.07) is 3.45. The van der Waals surface area contributed by atoms with Crippen molar-refractivity contribution in [1.29, 1.82) is 0 Å². The summed E-state index contributed by atoms with van der Waals surface area (Å²) in [6.45, 7) is 1.73. The van der Waals surface area contributed by atoms with Crippen molar-refractivity contribution in [1.82, 2.24) is 14.8 Å². The molecule has 0 spiro atoms. The number of fused-ring (bicyclic) bond motifs is 1. The quantitative estimate of drug-likeness (QED) is 0.893. The van der Waals surface area contributed by atoms with Crippen LogP contribution in [0.2, 0.25) is 0 Å². The largest absolute Gasteiger partial charge is 0.336 e. The van der Waals surface area contributed by atoms with Gasteiger partial charge >= 0.3 is 0 Å². The minimum absolute atomic E-state index is 0.0230. The van der Waals surface area contributed by atoms with Crippen LogP contribution in [0.3, 0.4) is 0 Å². The van der Waals surface area contributed by atoms with E-state index >= 15 is 0 Å². The Morgan fingerprint density at radius 1 is 1.21 bits per heavy atom. The second kappa shape index (κ2) is 5.89. The fourth-order valence-corrected chi connectivity index (χ4v) is 3.44. The van der Waals surface area contributed by atoms with E-state index in [9.17, 15) is 14.4 Å². The van der Waals surface area contributed by atoms with Crippen molar-refractivity contribution in [2.75, 3.05) is 25.0 Å². The van der Waals surface area contributed by atoms with Crippen LogP contribution in [0.1, 0.15) is 36.0 Å². The average Bonchev–Trinajstić information content (AvgIpc) is 3.39. The third-order valence-electron chi connectivity index (χ3n) is 4.99. The third kappa shape index (κ3) is 2.86. The standard InChI is InChI=1S/C17H20N4O3/c22-15-4-3-13-10-20(7-8-21(13)15)17(24)12-5-6-18-14(9-12)19-16(23)11-1-2-11/h5-6,9,11,13H,1-4,7-8,10H2,(H,18,19,23). The van der Waals surface area contributed by atoms with Gasteiger partial charge in [0, 0.05) is 49.8 Å². The Morgan fingerprint density at radius 3 is 2.83 bits per heavy atom. The van der Waals surface area contributed by atoms with Gasteiger partial charge in [-0.25, -0.2) is 4.98 Å². The Balaban J connectivity index is 1.44. The van der Waals surface area contributed by atoms with Crippen LogP contribution in [0.15, 0.2) is 18.3 Å². The van der Waals surface area contributed by atoms with E-state index < -0.39 is 0 Å². The van der Waals surface area contributed by atoms with E-state index in [0.29, 0.717) is 37.4 Å². The van der Waals surface area contributed by atoms with Gasteiger partial charge < -0.3 is 15.1 Å². The van der Waals surface area contributed by atoms with Crippen LogP contribution in [0.4, 0.5) is 5.82 Å². The molecule has 2 aliphatic heterocycles. The highest BCUT2D eigenvalue weighted by molar-refractivity contribution is 5.97. The van der Waals surface area contributed by atoms with Gasteiger partial charge in [-0.3, -0.25) is 14.4 Å². The second-order valence-corrected chi connectivity index (χ2v) is 6.72. The van der Waals surface area contributed by atoms with Crippen LogP contribution in [-0.4, -0.2) is 58.2 Å². The molecular formula is C17H20N4O3. The number of nitrogens with zero attached hydrogens (tertiary/aromatic N) is 3. The lowest BCUT2D eigenvalue weighted by molar-refractivity contribution is -0.130. The number of rotatable bonds is 3. The van der Waals surface area contributed by atoms with Crippen LogP contribution in [0, 0.1) is 5.92 Å². The van der Waals surface area contributed by atoms with Crippen molar-refractivity contribution in [2.24, 2.45) is 5.92 Å². The van der Waals surface area contributed by atoms with Crippen molar-refractivity contribution in [3.05, 3.63) is 23.9 Å². The number of nitrogens with one attached hydrogen (secondary N) is 1. The van der Waals surface area contributed by atoms with Gasteiger partial charge in [-0.15, -0.1) is 0 Å². The van der Waals surface area contributed by atoms with Gasteiger partial charge in [-0.1, -0.05) is 0 Å². The van der Waals surface area contributed by atoms with Gasteiger partial charge in [0.1, 0.15) is 5.82 Å². The first-order valence-corrected chi connectivity index (χ1v) is 8.47. The third-order valence-corrected chi connectivity index (χ3v) is 4.99. The summed E-state index contributed by atoms with van der Waals surface area (Å²) in [5.74, 6) is 0.621. The van der Waals surface area contributed by atoms with E-state index in [4.69, 9.17) is 0 Å². The molecule has 0 bridgehead atoms. The Kier molecular flexibility index (Phi) is 3.70. The zero-order valence-corrected chi connectivity index (χ0v) is 13.4. The lowest BCUT2D eigenvalue weighted by atomic mass is 10.1. The summed E-state index contributed by atoms with van der Waals surface area (Å²) in [4.78, 5) is 44.1. The highest BCUT2D eigenvalue weighted by Crippen LogP contribution is 2.30. The number of carbonyl (C=O) groups excluding carboxylic acids is 3. The molecule has 1 N–H and O–H groups in total. The lowest BCUT2D eigenvalue weighted by Crippen LogP contribution is -2.53. The zero-order chi connectivity index (χ0) is 16.7. The Bertz CT molecular complexity index is 701. The molecule has 126 valence electrons. The molecule has 1 saturated carbocycles. The smallest absolute Gasteiger partial charge is 0.254 e. The molecule has 2 saturated heterocycles. The summed E-state index contributed by atoms with van der Waals surface area (Å²) < 4.78 is 0. The minimum atomic E-state index is -0.0710. The first-order valence-electron chi connectivity index (χ1n) is 8.47. The molecule has 7 nitrogen and oxygen atoms in total. The maximum Gasteiger partial charge on any atom is 0.254 e. The van der Waals surface area contributed by atoms with Crippen LogP contribution < -0.4 is 5.32 Å². The number of piperazine rings is 1. The van der Waals surface area contributed by atoms with E-state index in [-0.39, 0.29) is 29.7 Å². The average molecular weight is 328 g/mol. The maximum atomic E-state index is 12.7. The fraction of sp³-hybridized carbons (Fsp3) is 0.529. The SMILES string of the molecule is O=C(Nc1cc(C(=O)N2CCN3C(=O)CCC3C2)ccn1)C1CC1. The predicted octanol–water partition coefficient (Wildman–Crippen LogP) is 0.877. The first kappa shape index (κ1) is 15.1. The number of hydrogen-bond acceptors (Lipinski definition) is 4. The maximum absolute atomic E-state index is 12.7. The minimum Gasteiger partial charge on any atom is -0.336 e. The van der Waals surface area contributed by atoms with Gasteiger partial charge in [0.25, 0.3) is 5.91 Å². The van der Waals surface area contributed by atoms with Crippen LogP contribution in [-0.2, 0) is 9.59 Å². The number of anilines is 1. The Morgan fingerprint density at radius 2 is 2.04 bits per heavy atom. The van der Waals surface area contributed by atoms with Gasteiger partial charge in [-0.2, -0.15) is 0 Å². The Labute approximate surface area is 140 Å². The molecule has 1 aliphatic carbocycles. The van der Waals surface area contributed by atoms with Crippen LogP contribution >= 0.6 is 0 Å². The molecule has 3 aliphatic rings. The number of amides is 3. The van der Waals surface area contributed by atoms with Crippen molar-refractivity contribution in [3.63, 3.8) is 0 Å². The summed E-state index contributed by atoms with van der Waals surface area (Å²) in [6.07, 6.45) is 4.80. The Hall–Kier alpha value is -2.44. The van der Waals surface area contributed by atoms with Gasteiger partial charge in [0.2, 0.25) is 11.8 Å². The van der Waals surface area contributed by atoms with E-state index in [1.165, 1.54) is 0 Å².